The van der Waals surface area contributed by atoms with Crippen molar-refractivity contribution in [3.63, 3.8) is 0 Å². The smallest absolute Gasteiger partial charge is 0.144 e. The van der Waals surface area contributed by atoms with Crippen molar-refractivity contribution >= 4 is 33.1 Å². The minimum absolute atomic E-state index is 0.236. The summed E-state index contributed by atoms with van der Waals surface area (Å²) >= 11 is 4.89. The largest absolute Gasteiger partial charge is 0.409 e. The van der Waals surface area contributed by atoms with E-state index < -0.39 is 0 Å². The number of rotatable bonds is 2. The number of thiophene rings is 1. The number of halogens is 1. The van der Waals surface area contributed by atoms with Gasteiger partial charge in [-0.15, -0.1) is 11.3 Å². The Kier molecular flexibility index (Phi) is 2.90. The van der Waals surface area contributed by atoms with Crippen LogP contribution in [-0.2, 0) is 6.42 Å². The van der Waals surface area contributed by atoms with E-state index in [0.29, 0.717) is 6.42 Å². The lowest BCUT2D eigenvalue weighted by Gasteiger charge is -1.91. The molecule has 1 heterocycles. The molecule has 1 aromatic rings. The van der Waals surface area contributed by atoms with Crippen molar-refractivity contribution in [1.29, 1.82) is 0 Å². The molecule has 1 aromatic heterocycles. The lowest BCUT2D eigenvalue weighted by atomic mass is 10.3. The van der Waals surface area contributed by atoms with Crippen molar-refractivity contribution in [2.45, 2.75) is 6.42 Å². The lowest BCUT2D eigenvalue weighted by molar-refractivity contribution is 0.317. The second kappa shape index (κ2) is 3.73. The number of hydrogen-bond donors (Lipinski definition) is 2. The van der Waals surface area contributed by atoms with Crippen LogP contribution >= 0.6 is 27.3 Å². The predicted octanol–water partition coefficient (Wildman–Crippen LogP) is 1.80. The summed E-state index contributed by atoms with van der Waals surface area (Å²) in [5, 5.41) is 13.1. The van der Waals surface area contributed by atoms with Gasteiger partial charge in [-0.05, 0) is 22.0 Å². The number of hydrogen-bond acceptors (Lipinski definition) is 3. The molecule has 3 N–H and O–H groups in total. The summed E-state index contributed by atoms with van der Waals surface area (Å²) in [6, 6.07) is 1.95. The van der Waals surface area contributed by atoms with E-state index in [1.165, 1.54) is 0 Å². The lowest BCUT2D eigenvalue weighted by Crippen LogP contribution is -2.13. The summed E-state index contributed by atoms with van der Waals surface area (Å²) in [4.78, 5) is 1.08. The number of nitrogens with two attached hydrogens (primary N) is 1. The molecule has 1 rings (SSSR count). The molecule has 0 aliphatic rings. The molecule has 0 saturated heterocycles. The Hall–Kier alpha value is -0.550. The van der Waals surface area contributed by atoms with Crippen LogP contribution in [0, 0.1) is 0 Å². The molecule has 3 nitrogen and oxygen atoms in total. The van der Waals surface area contributed by atoms with Gasteiger partial charge in [-0.1, -0.05) is 5.16 Å². The van der Waals surface area contributed by atoms with Crippen molar-refractivity contribution in [3.8, 4) is 0 Å². The molecule has 0 bridgehead atoms. The predicted molar refractivity (Wildman–Crippen MR) is 49.1 cm³/mol. The molecule has 0 saturated carbocycles. The second-order valence-electron chi connectivity index (χ2n) is 2.00. The SMILES string of the molecule is NC(Cc1cc(Br)cs1)=NO. The summed E-state index contributed by atoms with van der Waals surface area (Å²) in [6.07, 6.45) is 0.507. The standard InChI is InChI=1S/C6H7BrN2OS/c7-4-1-5(11-3-4)2-6(8)9-10/h1,3,10H,2H2,(H2,8,9). The Balaban J connectivity index is 2.65. The van der Waals surface area contributed by atoms with Crippen LogP contribution in [0.4, 0.5) is 0 Å². The fourth-order valence-electron chi connectivity index (χ4n) is 0.660. The van der Waals surface area contributed by atoms with E-state index in [1.54, 1.807) is 11.3 Å². The third kappa shape index (κ3) is 2.51. The summed E-state index contributed by atoms with van der Waals surface area (Å²) in [5.74, 6) is 0.236. The fourth-order valence-corrected chi connectivity index (χ4v) is 2.13. The van der Waals surface area contributed by atoms with E-state index in [1.807, 2.05) is 11.4 Å². The Bertz CT molecular complexity index is 271. The molecule has 0 fully saturated rings. The van der Waals surface area contributed by atoms with Gasteiger partial charge in [-0.2, -0.15) is 0 Å². The van der Waals surface area contributed by atoms with Crippen LogP contribution < -0.4 is 5.73 Å². The van der Waals surface area contributed by atoms with Gasteiger partial charge in [0.05, 0.1) is 0 Å². The number of oxime groups is 1. The van der Waals surface area contributed by atoms with E-state index in [9.17, 15) is 0 Å². The van der Waals surface area contributed by atoms with E-state index in [4.69, 9.17) is 10.9 Å². The first-order valence-corrected chi connectivity index (χ1v) is 4.59. The van der Waals surface area contributed by atoms with Crippen molar-refractivity contribution in [2.75, 3.05) is 0 Å². The van der Waals surface area contributed by atoms with Crippen LogP contribution in [0.5, 0.6) is 0 Å². The van der Waals surface area contributed by atoms with Gasteiger partial charge in [-0.25, -0.2) is 0 Å². The Morgan fingerprint density at radius 2 is 2.55 bits per heavy atom. The summed E-state index contributed by atoms with van der Waals surface area (Å²) in [7, 11) is 0. The highest BCUT2D eigenvalue weighted by Gasteiger charge is 1.99. The maximum absolute atomic E-state index is 8.26. The van der Waals surface area contributed by atoms with Gasteiger partial charge in [0.25, 0.3) is 0 Å². The number of nitrogens with zero attached hydrogens (tertiary/aromatic N) is 1. The van der Waals surface area contributed by atoms with Gasteiger partial charge in [0.1, 0.15) is 5.84 Å². The molecule has 60 valence electrons. The molecular weight excluding hydrogens is 228 g/mol. The molecule has 0 radical (unpaired) electrons. The van der Waals surface area contributed by atoms with Gasteiger partial charge in [0, 0.05) is 21.2 Å². The van der Waals surface area contributed by atoms with Crippen LogP contribution in [0.2, 0.25) is 0 Å². The Morgan fingerprint density at radius 3 is 3.00 bits per heavy atom. The summed E-state index contributed by atoms with van der Waals surface area (Å²) in [6.45, 7) is 0. The quantitative estimate of drug-likeness (QED) is 0.355. The van der Waals surface area contributed by atoms with E-state index >= 15 is 0 Å². The first kappa shape index (κ1) is 8.55. The molecule has 0 atom stereocenters. The van der Waals surface area contributed by atoms with Crippen LogP contribution in [0.1, 0.15) is 4.88 Å². The molecule has 0 spiro atoms. The Labute approximate surface area is 76.7 Å². The fraction of sp³-hybridized carbons (Fsp3) is 0.167. The van der Waals surface area contributed by atoms with Gasteiger partial charge < -0.3 is 10.9 Å². The topological polar surface area (TPSA) is 58.6 Å². The maximum atomic E-state index is 8.26. The highest BCUT2D eigenvalue weighted by Crippen LogP contribution is 2.19. The summed E-state index contributed by atoms with van der Waals surface area (Å²) < 4.78 is 1.03. The average molecular weight is 235 g/mol. The van der Waals surface area contributed by atoms with Gasteiger partial charge in [0.2, 0.25) is 0 Å². The number of amidine groups is 1. The molecule has 5 heteroatoms. The molecule has 0 amide bonds. The molecule has 0 unspecified atom stereocenters. The minimum Gasteiger partial charge on any atom is -0.409 e. The van der Waals surface area contributed by atoms with Crippen LogP contribution in [0.15, 0.2) is 21.1 Å². The van der Waals surface area contributed by atoms with Crippen molar-refractivity contribution in [1.82, 2.24) is 0 Å². The molecule has 0 aromatic carbocycles. The second-order valence-corrected chi connectivity index (χ2v) is 3.91. The zero-order chi connectivity index (χ0) is 8.27. The van der Waals surface area contributed by atoms with Crippen molar-refractivity contribution in [3.05, 3.63) is 20.8 Å². The zero-order valence-electron chi connectivity index (χ0n) is 5.62. The van der Waals surface area contributed by atoms with E-state index in [0.717, 1.165) is 9.35 Å². The van der Waals surface area contributed by atoms with Gasteiger partial charge in [-0.3, -0.25) is 0 Å². The average Bonchev–Trinajstić information content (AvgIpc) is 2.35. The van der Waals surface area contributed by atoms with Crippen LogP contribution in [0.25, 0.3) is 0 Å². The highest BCUT2D eigenvalue weighted by atomic mass is 79.9. The van der Waals surface area contributed by atoms with Gasteiger partial charge >= 0.3 is 0 Å². The Morgan fingerprint density at radius 1 is 1.82 bits per heavy atom. The summed E-state index contributed by atoms with van der Waals surface area (Å²) in [5.41, 5.74) is 5.31. The van der Waals surface area contributed by atoms with Crippen LogP contribution in [-0.4, -0.2) is 11.0 Å². The molecule has 11 heavy (non-hydrogen) atoms. The van der Waals surface area contributed by atoms with Crippen molar-refractivity contribution < 1.29 is 5.21 Å². The molecule has 0 aliphatic heterocycles. The molecule has 0 aliphatic carbocycles. The maximum Gasteiger partial charge on any atom is 0.144 e. The first-order valence-electron chi connectivity index (χ1n) is 2.91. The third-order valence-corrected chi connectivity index (χ3v) is 2.80. The van der Waals surface area contributed by atoms with E-state index in [2.05, 4.69) is 21.1 Å². The minimum atomic E-state index is 0.236. The first-order chi connectivity index (χ1) is 5.22. The van der Waals surface area contributed by atoms with E-state index in [-0.39, 0.29) is 5.84 Å². The van der Waals surface area contributed by atoms with Crippen LogP contribution in [0.3, 0.4) is 0 Å². The third-order valence-electron chi connectivity index (χ3n) is 1.11. The normalized spacial score (nSPS) is 11.9. The highest BCUT2D eigenvalue weighted by molar-refractivity contribution is 9.10. The van der Waals surface area contributed by atoms with Crippen molar-refractivity contribution in [2.24, 2.45) is 10.9 Å². The van der Waals surface area contributed by atoms with Gasteiger partial charge in [0.15, 0.2) is 0 Å². The monoisotopic (exact) mass is 234 g/mol. The zero-order valence-corrected chi connectivity index (χ0v) is 8.02. The molecular formula is C6H7BrN2OS.